The van der Waals surface area contributed by atoms with Crippen molar-refractivity contribution in [3.63, 3.8) is 0 Å². The second kappa shape index (κ2) is 6.71. The van der Waals surface area contributed by atoms with Crippen molar-refractivity contribution in [1.29, 1.82) is 0 Å². The van der Waals surface area contributed by atoms with Gasteiger partial charge in [0, 0.05) is 18.3 Å². The van der Waals surface area contributed by atoms with Gasteiger partial charge in [-0.2, -0.15) is 0 Å². The topological polar surface area (TPSA) is 67.9 Å². The Balaban J connectivity index is 1.44. The monoisotopic (exact) mass is 352 g/mol. The molecule has 2 aliphatic heterocycles. The van der Waals surface area contributed by atoms with E-state index in [1.165, 1.54) is 0 Å². The molecule has 0 saturated carbocycles. The molecular weight excluding hydrogens is 332 g/mol. The summed E-state index contributed by atoms with van der Waals surface area (Å²) in [5.74, 6) is 0.232. The van der Waals surface area contributed by atoms with E-state index in [0.29, 0.717) is 24.5 Å². The van der Waals surface area contributed by atoms with Crippen molar-refractivity contribution < 1.29 is 19.1 Å². The number of carbonyl (C=O) groups excluding carboxylic acids is 2. The third-order valence-corrected chi connectivity index (χ3v) is 4.85. The van der Waals surface area contributed by atoms with E-state index in [1.807, 2.05) is 43.3 Å². The molecule has 2 unspecified atom stereocenters. The number of ether oxygens (including phenoxy) is 2. The van der Waals surface area contributed by atoms with Gasteiger partial charge in [-0.3, -0.25) is 9.59 Å². The lowest BCUT2D eigenvalue weighted by molar-refractivity contribution is -0.132. The van der Waals surface area contributed by atoms with Crippen LogP contribution in [0.1, 0.15) is 24.9 Å². The van der Waals surface area contributed by atoms with Crippen molar-refractivity contribution in [1.82, 2.24) is 5.32 Å². The highest BCUT2D eigenvalue weighted by Gasteiger charge is 2.38. The summed E-state index contributed by atoms with van der Waals surface area (Å²) in [7, 11) is 0. The van der Waals surface area contributed by atoms with E-state index in [2.05, 4.69) is 5.32 Å². The highest BCUT2D eigenvalue weighted by molar-refractivity contribution is 6.09. The van der Waals surface area contributed by atoms with Crippen molar-refractivity contribution in [3.05, 3.63) is 54.1 Å². The van der Waals surface area contributed by atoms with Crippen LogP contribution >= 0.6 is 0 Å². The first-order valence-corrected chi connectivity index (χ1v) is 8.70. The molecule has 6 nitrogen and oxygen atoms in total. The molecule has 0 spiro atoms. The number of rotatable bonds is 4. The molecule has 1 fully saturated rings. The van der Waals surface area contributed by atoms with Crippen LogP contribution in [-0.2, 0) is 9.59 Å². The summed E-state index contributed by atoms with van der Waals surface area (Å²) < 4.78 is 10.7. The fourth-order valence-electron chi connectivity index (χ4n) is 3.37. The average molecular weight is 352 g/mol. The number of carbonyl (C=O) groups is 2. The lowest BCUT2D eigenvalue weighted by Gasteiger charge is -2.19. The van der Waals surface area contributed by atoms with Crippen molar-refractivity contribution >= 4 is 17.5 Å². The van der Waals surface area contributed by atoms with Gasteiger partial charge in [0.05, 0.1) is 6.04 Å². The first-order valence-electron chi connectivity index (χ1n) is 8.70. The standard InChI is InChI=1S/C20H20N2O4/c1-13(14-5-3-2-4-6-14)21-19(23)16-9-10-22(20(16)24)15-7-8-17-18(11-15)26-12-25-17/h2-8,11,13,16H,9-10,12H2,1H3,(H,21,23). The molecule has 1 saturated heterocycles. The highest BCUT2D eigenvalue weighted by atomic mass is 16.7. The molecule has 0 aromatic heterocycles. The fraction of sp³-hybridized carbons (Fsp3) is 0.300. The van der Waals surface area contributed by atoms with Gasteiger partial charge in [0.15, 0.2) is 11.5 Å². The first-order chi connectivity index (χ1) is 12.6. The van der Waals surface area contributed by atoms with Gasteiger partial charge in [-0.25, -0.2) is 0 Å². The van der Waals surface area contributed by atoms with Crippen LogP contribution in [0.5, 0.6) is 11.5 Å². The Hall–Kier alpha value is -3.02. The molecule has 0 bridgehead atoms. The number of hydrogen-bond donors (Lipinski definition) is 1. The van der Waals surface area contributed by atoms with Gasteiger partial charge >= 0.3 is 0 Å². The van der Waals surface area contributed by atoms with Crippen molar-refractivity contribution in [2.75, 3.05) is 18.2 Å². The second-order valence-corrected chi connectivity index (χ2v) is 6.51. The van der Waals surface area contributed by atoms with Crippen molar-refractivity contribution in [3.8, 4) is 11.5 Å². The third-order valence-electron chi connectivity index (χ3n) is 4.85. The Morgan fingerprint density at radius 2 is 1.92 bits per heavy atom. The van der Waals surface area contributed by atoms with Crippen LogP contribution in [0.25, 0.3) is 0 Å². The summed E-state index contributed by atoms with van der Waals surface area (Å²) in [5.41, 5.74) is 1.74. The molecular formula is C20H20N2O4. The molecule has 26 heavy (non-hydrogen) atoms. The molecule has 4 rings (SSSR count). The normalized spacial score (nSPS) is 19.5. The Morgan fingerprint density at radius 3 is 2.73 bits per heavy atom. The summed E-state index contributed by atoms with van der Waals surface area (Å²) in [5, 5.41) is 2.95. The zero-order chi connectivity index (χ0) is 18.1. The van der Waals surface area contributed by atoms with Gasteiger partial charge in [0.25, 0.3) is 0 Å². The van der Waals surface area contributed by atoms with Crippen molar-refractivity contribution in [2.45, 2.75) is 19.4 Å². The number of nitrogens with one attached hydrogen (secondary N) is 1. The zero-order valence-electron chi connectivity index (χ0n) is 14.5. The summed E-state index contributed by atoms with van der Waals surface area (Å²) in [6.45, 7) is 2.62. The maximum atomic E-state index is 12.8. The van der Waals surface area contributed by atoms with E-state index in [1.54, 1.807) is 17.0 Å². The SMILES string of the molecule is CC(NC(=O)C1CCN(c2ccc3c(c2)OCO3)C1=O)c1ccccc1. The highest BCUT2D eigenvalue weighted by Crippen LogP contribution is 2.37. The first kappa shape index (κ1) is 16.4. The molecule has 6 heteroatoms. The third kappa shape index (κ3) is 2.98. The summed E-state index contributed by atoms with van der Waals surface area (Å²) in [4.78, 5) is 27.0. The average Bonchev–Trinajstić information content (AvgIpc) is 3.28. The Kier molecular flexibility index (Phi) is 4.24. The summed E-state index contributed by atoms with van der Waals surface area (Å²) in [6, 6.07) is 15.0. The predicted molar refractivity (Wildman–Crippen MR) is 96.0 cm³/mol. The maximum absolute atomic E-state index is 12.8. The molecule has 134 valence electrons. The number of benzene rings is 2. The lowest BCUT2D eigenvalue weighted by Crippen LogP contribution is -2.38. The van der Waals surface area contributed by atoms with E-state index >= 15 is 0 Å². The Bertz CT molecular complexity index is 837. The maximum Gasteiger partial charge on any atom is 0.239 e. The van der Waals surface area contributed by atoms with Crippen LogP contribution in [0.3, 0.4) is 0 Å². The zero-order valence-corrected chi connectivity index (χ0v) is 14.5. The largest absolute Gasteiger partial charge is 0.454 e. The second-order valence-electron chi connectivity index (χ2n) is 6.51. The van der Waals surface area contributed by atoms with E-state index in [9.17, 15) is 9.59 Å². The number of amides is 2. The molecule has 2 amide bonds. The van der Waals surface area contributed by atoms with Gasteiger partial charge < -0.3 is 19.7 Å². The van der Waals surface area contributed by atoms with Crippen LogP contribution in [-0.4, -0.2) is 25.2 Å². The number of fused-ring (bicyclic) bond motifs is 1. The summed E-state index contributed by atoms with van der Waals surface area (Å²) >= 11 is 0. The molecule has 0 radical (unpaired) electrons. The van der Waals surface area contributed by atoms with Gasteiger partial charge in [-0.1, -0.05) is 30.3 Å². The Labute approximate surface area is 151 Å². The molecule has 2 aliphatic rings. The molecule has 2 heterocycles. The van der Waals surface area contributed by atoms with Gasteiger partial charge in [0.2, 0.25) is 18.6 Å². The van der Waals surface area contributed by atoms with E-state index in [4.69, 9.17) is 9.47 Å². The van der Waals surface area contributed by atoms with E-state index in [-0.39, 0.29) is 24.6 Å². The van der Waals surface area contributed by atoms with E-state index in [0.717, 1.165) is 11.3 Å². The minimum absolute atomic E-state index is 0.143. The molecule has 2 aromatic carbocycles. The van der Waals surface area contributed by atoms with Gasteiger partial charge in [-0.05, 0) is 31.0 Å². The van der Waals surface area contributed by atoms with Gasteiger partial charge in [-0.15, -0.1) is 0 Å². The number of nitrogens with zero attached hydrogens (tertiary/aromatic N) is 1. The minimum atomic E-state index is -0.661. The Morgan fingerprint density at radius 1 is 1.15 bits per heavy atom. The summed E-state index contributed by atoms with van der Waals surface area (Å²) in [6.07, 6.45) is 0.501. The van der Waals surface area contributed by atoms with Crippen LogP contribution in [0.2, 0.25) is 0 Å². The smallest absolute Gasteiger partial charge is 0.239 e. The molecule has 2 atom stereocenters. The van der Waals surface area contributed by atoms with Gasteiger partial charge in [0.1, 0.15) is 5.92 Å². The minimum Gasteiger partial charge on any atom is -0.454 e. The lowest BCUT2D eigenvalue weighted by atomic mass is 10.0. The van der Waals surface area contributed by atoms with Crippen LogP contribution in [0.4, 0.5) is 5.69 Å². The number of anilines is 1. The number of hydrogen-bond acceptors (Lipinski definition) is 4. The molecule has 2 aromatic rings. The molecule has 0 aliphatic carbocycles. The van der Waals surface area contributed by atoms with Crippen LogP contribution in [0, 0.1) is 5.92 Å². The van der Waals surface area contributed by atoms with Crippen LogP contribution in [0.15, 0.2) is 48.5 Å². The van der Waals surface area contributed by atoms with E-state index < -0.39 is 5.92 Å². The fourth-order valence-corrected chi connectivity index (χ4v) is 3.37. The predicted octanol–water partition coefficient (Wildman–Crippen LogP) is 2.65. The molecule has 1 N–H and O–H groups in total. The van der Waals surface area contributed by atoms with Crippen LogP contribution < -0.4 is 19.7 Å². The quantitative estimate of drug-likeness (QED) is 0.859. The van der Waals surface area contributed by atoms with Crippen molar-refractivity contribution in [2.24, 2.45) is 5.92 Å².